The lowest BCUT2D eigenvalue weighted by Crippen LogP contribution is -2.45. The smallest absolute Gasteiger partial charge is 0.305 e. The van der Waals surface area contributed by atoms with Crippen molar-refractivity contribution >= 4 is 11.9 Å². The zero-order valence-electron chi connectivity index (χ0n) is 51.8. The van der Waals surface area contributed by atoms with Crippen molar-refractivity contribution in [3.63, 3.8) is 0 Å². The minimum Gasteiger partial charge on any atom is -0.466 e. The van der Waals surface area contributed by atoms with E-state index in [9.17, 15) is 19.8 Å². The molecule has 2 unspecified atom stereocenters. The van der Waals surface area contributed by atoms with E-state index in [1.54, 1.807) is 6.08 Å². The molecule has 3 N–H and O–H groups in total. The third-order valence-corrected chi connectivity index (χ3v) is 16.6. The van der Waals surface area contributed by atoms with Crippen LogP contribution in [-0.4, -0.2) is 47.4 Å². The summed E-state index contributed by atoms with van der Waals surface area (Å²) < 4.78 is 5.51. The first-order valence-corrected chi connectivity index (χ1v) is 35.0. The maximum Gasteiger partial charge on any atom is 0.305 e. The van der Waals surface area contributed by atoms with Gasteiger partial charge < -0.3 is 20.3 Å². The molecule has 0 aromatic carbocycles. The number of hydrogen-bond acceptors (Lipinski definition) is 5. The van der Waals surface area contributed by atoms with E-state index in [4.69, 9.17) is 4.74 Å². The summed E-state index contributed by atoms with van der Waals surface area (Å²) in [5.41, 5.74) is 0. The summed E-state index contributed by atoms with van der Waals surface area (Å²) in [6, 6.07) is -0.629. The van der Waals surface area contributed by atoms with Gasteiger partial charge in [-0.05, 0) is 32.1 Å². The van der Waals surface area contributed by atoms with Gasteiger partial charge >= 0.3 is 5.97 Å². The van der Waals surface area contributed by atoms with Gasteiger partial charge in [0.25, 0.3) is 0 Å². The molecule has 2 atom stereocenters. The van der Waals surface area contributed by atoms with E-state index in [1.165, 1.54) is 334 Å². The van der Waals surface area contributed by atoms with Crippen LogP contribution in [0.25, 0.3) is 0 Å². The Bertz CT molecular complexity index is 1140. The van der Waals surface area contributed by atoms with Crippen LogP contribution in [0.3, 0.4) is 0 Å². The van der Waals surface area contributed by atoms with E-state index in [1.807, 2.05) is 6.08 Å². The van der Waals surface area contributed by atoms with Gasteiger partial charge in [0.2, 0.25) is 5.91 Å². The van der Waals surface area contributed by atoms with Crippen LogP contribution in [0.1, 0.15) is 399 Å². The van der Waals surface area contributed by atoms with Gasteiger partial charge in [0, 0.05) is 12.8 Å². The number of rotatable bonds is 66. The molecule has 0 aliphatic rings. The number of carbonyl (C=O) groups is 2. The molecule has 0 fully saturated rings. The Labute approximate surface area is 476 Å². The van der Waals surface area contributed by atoms with Crippen molar-refractivity contribution < 1.29 is 24.5 Å². The second-order valence-electron chi connectivity index (χ2n) is 24.2. The lowest BCUT2D eigenvalue weighted by Gasteiger charge is -2.20. The molecule has 76 heavy (non-hydrogen) atoms. The van der Waals surface area contributed by atoms with Crippen molar-refractivity contribution in [3.05, 3.63) is 12.2 Å². The molecule has 0 saturated carbocycles. The molecule has 452 valence electrons. The van der Waals surface area contributed by atoms with Gasteiger partial charge in [0.15, 0.2) is 0 Å². The van der Waals surface area contributed by atoms with E-state index in [0.717, 1.165) is 38.5 Å². The van der Waals surface area contributed by atoms with Crippen LogP contribution in [-0.2, 0) is 14.3 Å². The number of esters is 1. The number of carbonyl (C=O) groups excluding carboxylic acids is 2. The van der Waals surface area contributed by atoms with Gasteiger partial charge in [-0.1, -0.05) is 366 Å². The van der Waals surface area contributed by atoms with Gasteiger partial charge in [0.05, 0.1) is 25.4 Å². The molecule has 0 aliphatic carbocycles. The number of ether oxygens (including phenoxy) is 1. The summed E-state index contributed by atoms with van der Waals surface area (Å²) in [6.07, 6.45) is 81.4. The Morgan fingerprint density at radius 2 is 0.605 bits per heavy atom. The molecule has 6 nitrogen and oxygen atoms in total. The Hall–Kier alpha value is -1.40. The third-order valence-electron chi connectivity index (χ3n) is 16.6. The molecule has 0 saturated heterocycles. The van der Waals surface area contributed by atoms with Crippen molar-refractivity contribution in [1.82, 2.24) is 5.32 Å². The lowest BCUT2D eigenvalue weighted by atomic mass is 10.0. The highest BCUT2D eigenvalue weighted by atomic mass is 16.5. The molecule has 0 rings (SSSR count). The molecule has 0 heterocycles. The summed E-state index contributed by atoms with van der Waals surface area (Å²) >= 11 is 0. The van der Waals surface area contributed by atoms with Gasteiger partial charge in [-0.2, -0.15) is 0 Å². The highest BCUT2D eigenvalue weighted by Gasteiger charge is 2.18. The van der Waals surface area contributed by atoms with E-state index in [0.29, 0.717) is 19.4 Å². The number of hydrogen-bond donors (Lipinski definition) is 3. The fourth-order valence-corrected chi connectivity index (χ4v) is 11.2. The molecule has 0 aliphatic heterocycles. The molecule has 0 radical (unpaired) electrons. The number of nitrogens with one attached hydrogen (secondary N) is 1. The molecule has 0 aromatic rings. The molecule has 0 bridgehead atoms. The molecule has 0 aromatic heterocycles. The highest BCUT2D eigenvalue weighted by molar-refractivity contribution is 5.76. The van der Waals surface area contributed by atoms with Crippen molar-refractivity contribution in [1.29, 1.82) is 0 Å². The summed E-state index contributed by atoms with van der Waals surface area (Å²) in [4.78, 5) is 24.6. The number of aliphatic hydroxyl groups excluding tert-OH is 2. The molecular weight excluding hydrogens is 935 g/mol. The average molecular weight is 1070 g/mol. The standard InChI is InChI=1S/C70H137NO5/c1-3-5-7-9-11-13-15-17-19-21-23-27-30-34-38-42-46-50-54-58-62-68(73)67(66-72)71-69(74)63-59-55-51-47-43-39-35-31-28-25-24-26-29-33-37-41-45-49-53-57-61-65-76-70(75)64-60-56-52-48-44-40-36-32-22-20-18-16-14-12-10-8-6-4-2/h58,62,67-68,72-73H,3-57,59-61,63-66H2,1-2H3,(H,71,74)/b62-58+. The third kappa shape index (κ3) is 61.8. The zero-order chi connectivity index (χ0) is 55.0. The Balaban J connectivity index is 3.39. The fraction of sp³-hybridized carbons (Fsp3) is 0.943. The number of allylic oxidation sites excluding steroid dienone is 1. The molecular formula is C70H137NO5. The van der Waals surface area contributed by atoms with Crippen molar-refractivity contribution in [2.75, 3.05) is 13.2 Å². The van der Waals surface area contributed by atoms with Crippen molar-refractivity contribution in [2.45, 2.75) is 411 Å². The summed E-state index contributed by atoms with van der Waals surface area (Å²) in [7, 11) is 0. The average Bonchev–Trinajstić information content (AvgIpc) is 3.42. The first-order chi connectivity index (χ1) is 37.5. The van der Waals surface area contributed by atoms with Gasteiger partial charge in [-0.25, -0.2) is 0 Å². The summed E-state index contributed by atoms with van der Waals surface area (Å²) in [6.45, 7) is 4.95. The lowest BCUT2D eigenvalue weighted by molar-refractivity contribution is -0.143. The van der Waals surface area contributed by atoms with E-state index in [-0.39, 0.29) is 18.5 Å². The van der Waals surface area contributed by atoms with Crippen LogP contribution in [0.15, 0.2) is 12.2 Å². The van der Waals surface area contributed by atoms with Gasteiger partial charge in [-0.3, -0.25) is 9.59 Å². The molecule has 6 heteroatoms. The Morgan fingerprint density at radius 3 is 0.895 bits per heavy atom. The van der Waals surface area contributed by atoms with Gasteiger partial charge in [0.1, 0.15) is 0 Å². The minimum absolute atomic E-state index is 0.0170. The minimum atomic E-state index is -0.845. The monoisotopic (exact) mass is 1070 g/mol. The van der Waals surface area contributed by atoms with Crippen molar-refractivity contribution in [3.8, 4) is 0 Å². The second-order valence-corrected chi connectivity index (χ2v) is 24.2. The van der Waals surface area contributed by atoms with E-state index in [2.05, 4.69) is 19.2 Å². The first kappa shape index (κ1) is 74.6. The predicted molar refractivity (Wildman–Crippen MR) is 333 cm³/mol. The fourth-order valence-electron chi connectivity index (χ4n) is 11.2. The number of aliphatic hydroxyl groups is 2. The molecule has 0 spiro atoms. The maximum atomic E-state index is 12.5. The predicted octanol–water partition coefficient (Wildman–Crippen LogP) is 22.4. The Kier molecular flexibility index (Phi) is 64.9. The Morgan fingerprint density at radius 1 is 0.355 bits per heavy atom. The maximum absolute atomic E-state index is 12.5. The quantitative estimate of drug-likeness (QED) is 0.0320. The topological polar surface area (TPSA) is 95.9 Å². The van der Waals surface area contributed by atoms with Crippen LogP contribution < -0.4 is 5.32 Å². The van der Waals surface area contributed by atoms with E-state index >= 15 is 0 Å². The summed E-state index contributed by atoms with van der Waals surface area (Å²) in [5, 5.41) is 23.2. The van der Waals surface area contributed by atoms with Crippen LogP contribution in [0.2, 0.25) is 0 Å². The van der Waals surface area contributed by atoms with Crippen LogP contribution in [0, 0.1) is 0 Å². The van der Waals surface area contributed by atoms with Crippen molar-refractivity contribution in [2.24, 2.45) is 0 Å². The number of unbranched alkanes of at least 4 members (excludes halogenated alkanes) is 55. The van der Waals surface area contributed by atoms with E-state index < -0.39 is 12.1 Å². The second kappa shape index (κ2) is 66.1. The first-order valence-electron chi connectivity index (χ1n) is 35.0. The number of amides is 1. The highest BCUT2D eigenvalue weighted by Crippen LogP contribution is 2.19. The van der Waals surface area contributed by atoms with Crippen LogP contribution >= 0.6 is 0 Å². The van der Waals surface area contributed by atoms with Crippen LogP contribution in [0.5, 0.6) is 0 Å². The normalized spacial score (nSPS) is 12.5. The largest absolute Gasteiger partial charge is 0.466 e. The zero-order valence-corrected chi connectivity index (χ0v) is 51.8. The van der Waals surface area contributed by atoms with Crippen LogP contribution in [0.4, 0.5) is 0 Å². The SMILES string of the molecule is CCCCCCCCCCCCCCCCCCCC/C=C/C(O)C(CO)NC(=O)CCCCCCCCCCCCCCCCCCCCCCCOC(=O)CCCCCCCCCCCCCCCCCCCC. The van der Waals surface area contributed by atoms with Gasteiger partial charge in [-0.15, -0.1) is 0 Å². The molecule has 1 amide bonds. The summed E-state index contributed by atoms with van der Waals surface area (Å²) in [5.74, 6) is -0.0475.